The van der Waals surface area contributed by atoms with Gasteiger partial charge in [0.25, 0.3) is 0 Å². The van der Waals surface area contributed by atoms with Crippen LogP contribution in [0.5, 0.6) is 0 Å². The molecule has 0 radical (unpaired) electrons. The molecule has 4 nitrogen and oxygen atoms in total. The van der Waals surface area contributed by atoms with E-state index >= 15 is 0 Å². The van der Waals surface area contributed by atoms with Crippen molar-refractivity contribution in [2.24, 2.45) is 0 Å². The fraction of sp³-hybridized carbons (Fsp3) is 0.0588. The van der Waals surface area contributed by atoms with Crippen LogP contribution < -0.4 is 0 Å². The first-order chi connectivity index (χ1) is 11.2. The molecular formula is C17H10ClN3OS. The van der Waals surface area contributed by atoms with Crippen LogP contribution in [-0.2, 0) is 0 Å². The smallest absolute Gasteiger partial charge is 0.197 e. The van der Waals surface area contributed by atoms with Crippen molar-refractivity contribution in [3.63, 3.8) is 0 Å². The molecule has 112 valence electrons. The Morgan fingerprint density at radius 3 is 2.65 bits per heavy atom. The summed E-state index contributed by atoms with van der Waals surface area (Å²) in [5.41, 5.74) is 1.21. The van der Waals surface area contributed by atoms with Crippen LogP contribution in [0.25, 0.3) is 10.6 Å². The van der Waals surface area contributed by atoms with Crippen molar-refractivity contribution >= 4 is 28.7 Å². The van der Waals surface area contributed by atoms with Crippen LogP contribution in [0.2, 0.25) is 5.02 Å². The SMILES string of the molecule is N#C[C@H](C(=O)c1cnc(-c2ccccc2Cl)s1)c1ccccn1. The summed E-state index contributed by atoms with van der Waals surface area (Å²) in [4.78, 5) is 21.4. The minimum atomic E-state index is -0.934. The summed E-state index contributed by atoms with van der Waals surface area (Å²) >= 11 is 7.38. The zero-order chi connectivity index (χ0) is 16.2. The van der Waals surface area contributed by atoms with Crippen molar-refractivity contribution in [2.45, 2.75) is 5.92 Å². The summed E-state index contributed by atoms with van der Waals surface area (Å²) < 4.78 is 0. The van der Waals surface area contributed by atoms with Gasteiger partial charge in [-0.2, -0.15) is 5.26 Å². The van der Waals surface area contributed by atoms with E-state index < -0.39 is 5.92 Å². The van der Waals surface area contributed by atoms with Gasteiger partial charge in [0.05, 0.1) is 21.7 Å². The number of hydrogen-bond acceptors (Lipinski definition) is 5. The molecule has 0 fully saturated rings. The number of hydrogen-bond donors (Lipinski definition) is 0. The van der Waals surface area contributed by atoms with Gasteiger partial charge in [-0.1, -0.05) is 35.9 Å². The van der Waals surface area contributed by atoms with E-state index in [-0.39, 0.29) is 5.78 Å². The molecule has 0 N–H and O–H groups in total. The maximum Gasteiger partial charge on any atom is 0.197 e. The fourth-order valence-corrected chi connectivity index (χ4v) is 3.30. The number of benzene rings is 1. The van der Waals surface area contributed by atoms with E-state index in [9.17, 15) is 10.1 Å². The molecule has 1 atom stereocenters. The zero-order valence-electron chi connectivity index (χ0n) is 11.8. The molecule has 3 aromatic rings. The van der Waals surface area contributed by atoms with Crippen molar-refractivity contribution in [1.82, 2.24) is 9.97 Å². The predicted molar refractivity (Wildman–Crippen MR) is 89.5 cm³/mol. The highest BCUT2D eigenvalue weighted by atomic mass is 35.5. The summed E-state index contributed by atoms with van der Waals surface area (Å²) in [5.74, 6) is -1.24. The maximum atomic E-state index is 12.6. The van der Waals surface area contributed by atoms with E-state index in [1.165, 1.54) is 17.5 Å². The standard InChI is InChI=1S/C17H10ClN3OS/c18-13-6-2-1-5-11(13)17-21-10-15(23-17)16(22)12(9-19)14-7-3-4-8-20-14/h1-8,10,12H/t12-/m0/s1. The first-order valence-electron chi connectivity index (χ1n) is 6.76. The minimum Gasteiger partial charge on any atom is -0.291 e. The highest BCUT2D eigenvalue weighted by Gasteiger charge is 2.25. The van der Waals surface area contributed by atoms with Crippen molar-refractivity contribution in [1.29, 1.82) is 5.26 Å². The van der Waals surface area contributed by atoms with Gasteiger partial charge in [0.2, 0.25) is 0 Å². The average Bonchev–Trinajstić information content (AvgIpc) is 3.06. The molecule has 0 aliphatic heterocycles. The van der Waals surface area contributed by atoms with Crippen molar-refractivity contribution in [3.8, 4) is 16.6 Å². The van der Waals surface area contributed by atoms with Crippen LogP contribution in [-0.4, -0.2) is 15.8 Å². The normalized spacial score (nSPS) is 11.7. The molecule has 0 aliphatic carbocycles. The van der Waals surface area contributed by atoms with Gasteiger partial charge in [-0.25, -0.2) is 4.98 Å². The molecule has 0 bridgehead atoms. The Labute approximate surface area is 142 Å². The number of halogens is 1. The lowest BCUT2D eigenvalue weighted by molar-refractivity contribution is 0.0981. The monoisotopic (exact) mass is 339 g/mol. The topological polar surface area (TPSA) is 66.6 Å². The number of Topliss-reactive ketones (excluding diaryl/α,β-unsaturated/α-hetero) is 1. The molecule has 0 saturated heterocycles. The Kier molecular flexibility index (Phi) is 4.47. The van der Waals surface area contributed by atoms with Crippen LogP contribution in [0.15, 0.2) is 54.9 Å². The molecule has 2 heterocycles. The largest absolute Gasteiger partial charge is 0.291 e. The van der Waals surface area contributed by atoms with Crippen molar-refractivity contribution in [2.75, 3.05) is 0 Å². The molecule has 6 heteroatoms. The molecular weight excluding hydrogens is 330 g/mol. The van der Waals surface area contributed by atoms with Crippen LogP contribution in [0, 0.1) is 11.3 Å². The van der Waals surface area contributed by atoms with Crippen LogP contribution >= 0.6 is 22.9 Å². The lowest BCUT2D eigenvalue weighted by atomic mass is 10.0. The third-order valence-corrected chi connectivity index (χ3v) is 4.60. The molecule has 2 aromatic heterocycles. The van der Waals surface area contributed by atoms with Gasteiger partial charge in [0.1, 0.15) is 5.01 Å². The fourth-order valence-electron chi connectivity index (χ4n) is 2.10. The highest BCUT2D eigenvalue weighted by molar-refractivity contribution is 7.17. The van der Waals surface area contributed by atoms with Crippen LogP contribution in [0.4, 0.5) is 0 Å². The van der Waals surface area contributed by atoms with Gasteiger partial charge < -0.3 is 0 Å². The first kappa shape index (κ1) is 15.3. The molecule has 0 spiro atoms. The lowest BCUT2D eigenvalue weighted by Gasteiger charge is -2.05. The molecule has 3 rings (SSSR count). The van der Waals surface area contributed by atoms with Gasteiger partial charge in [0.15, 0.2) is 11.7 Å². The average molecular weight is 340 g/mol. The van der Waals surface area contributed by atoms with Gasteiger partial charge in [-0.15, -0.1) is 11.3 Å². The van der Waals surface area contributed by atoms with E-state index in [0.717, 1.165) is 5.56 Å². The van der Waals surface area contributed by atoms with Crippen LogP contribution in [0.3, 0.4) is 0 Å². The van der Waals surface area contributed by atoms with E-state index in [0.29, 0.717) is 20.6 Å². The van der Waals surface area contributed by atoms with Gasteiger partial charge in [0, 0.05) is 18.0 Å². The summed E-state index contributed by atoms with van der Waals surface area (Å²) in [6.07, 6.45) is 3.05. The molecule has 1 aromatic carbocycles. The van der Waals surface area contributed by atoms with Crippen molar-refractivity contribution in [3.05, 3.63) is 70.5 Å². The summed E-state index contributed by atoms with van der Waals surface area (Å²) in [6.45, 7) is 0. The van der Waals surface area contributed by atoms with E-state index in [1.807, 2.05) is 24.3 Å². The van der Waals surface area contributed by atoms with E-state index in [2.05, 4.69) is 9.97 Å². The number of aromatic nitrogens is 2. The molecule has 0 unspecified atom stereocenters. The molecule has 0 saturated carbocycles. The Morgan fingerprint density at radius 1 is 1.17 bits per heavy atom. The minimum absolute atomic E-state index is 0.304. The number of carbonyl (C=O) groups is 1. The Hall–Kier alpha value is -2.55. The van der Waals surface area contributed by atoms with E-state index in [4.69, 9.17) is 11.6 Å². The second kappa shape index (κ2) is 6.69. The Balaban J connectivity index is 1.93. The third-order valence-electron chi connectivity index (χ3n) is 3.23. The number of nitriles is 1. The number of ketones is 1. The number of carbonyl (C=O) groups excluding carboxylic acids is 1. The quantitative estimate of drug-likeness (QED) is 0.663. The zero-order valence-corrected chi connectivity index (χ0v) is 13.4. The van der Waals surface area contributed by atoms with Gasteiger partial charge >= 0.3 is 0 Å². The summed E-state index contributed by atoms with van der Waals surface area (Å²) in [6, 6.07) is 14.5. The number of thiazole rings is 1. The summed E-state index contributed by atoms with van der Waals surface area (Å²) in [7, 11) is 0. The van der Waals surface area contributed by atoms with Crippen LogP contribution in [0.1, 0.15) is 21.3 Å². The maximum absolute atomic E-state index is 12.6. The molecule has 0 aliphatic rings. The first-order valence-corrected chi connectivity index (χ1v) is 7.95. The van der Waals surface area contributed by atoms with Gasteiger partial charge in [-0.05, 0) is 18.2 Å². The second-order valence-electron chi connectivity index (χ2n) is 4.69. The Bertz CT molecular complexity index is 886. The Morgan fingerprint density at radius 2 is 1.96 bits per heavy atom. The van der Waals surface area contributed by atoms with Gasteiger partial charge in [-0.3, -0.25) is 9.78 Å². The van der Waals surface area contributed by atoms with E-state index in [1.54, 1.807) is 30.5 Å². The number of rotatable bonds is 4. The lowest BCUT2D eigenvalue weighted by Crippen LogP contribution is -2.11. The highest BCUT2D eigenvalue weighted by Crippen LogP contribution is 2.32. The predicted octanol–water partition coefficient (Wildman–Crippen LogP) is 4.35. The second-order valence-corrected chi connectivity index (χ2v) is 6.13. The number of nitrogens with zero attached hydrogens (tertiary/aromatic N) is 3. The molecule has 23 heavy (non-hydrogen) atoms. The number of pyridine rings is 1. The third kappa shape index (κ3) is 3.14. The molecule has 0 amide bonds. The van der Waals surface area contributed by atoms with Crippen molar-refractivity contribution < 1.29 is 4.79 Å². The summed E-state index contributed by atoms with van der Waals surface area (Å²) in [5, 5.41) is 10.6.